The maximum atomic E-state index is 13.8. The van der Waals surface area contributed by atoms with Gasteiger partial charge in [0.15, 0.2) is 11.5 Å². The Labute approximate surface area is 311 Å². The monoisotopic (exact) mass is 743 g/mol. The molecular weight excluding hydrogens is 703 g/mol. The molecule has 0 fully saturated rings. The summed E-state index contributed by atoms with van der Waals surface area (Å²) in [5.74, 6) is -0.533. The summed E-state index contributed by atoms with van der Waals surface area (Å²) in [6.45, 7) is 3.79. The Morgan fingerprint density at radius 2 is 1.58 bits per heavy atom. The lowest BCUT2D eigenvalue weighted by Crippen LogP contribution is -2.30. The summed E-state index contributed by atoms with van der Waals surface area (Å²) in [5.41, 5.74) is 2.65. The molecule has 0 bridgehead atoms. The number of anilines is 2. The highest BCUT2D eigenvalue weighted by molar-refractivity contribution is 8.00. The molecule has 3 N–H and O–H groups in total. The van der Waals surface area contributed by atoms with Gasteiger partial charge in [0.25, 0.3) is 11.8 Å². The van der Waals surface area contributed by atoms with Crippen molar-refractivity contribution in [2.24, 2.45) is 0 Å². The molecule has 0 radical (unpaired) electrons. The zero-order valence-corrected chi connectivity index (χ0v) is 31.3. The largest absolute Gasteiger partial charge is 0.496 e. The maximum absolute atomic E-state index is 13.8. The molecule has 13 heteroatoms. The van der Waals surface area contributed by atoms with Crippen molar-refractivity contribution in [2.75, 3.05) is 38.6 Å². The van der Waals surface area contributed by atoms with Crippen molar-refractivity contribution in [3.63, 3.8) is 0 Å². The van der Waals surface area contributed by atoms with Gasteiger partial charge in [-0.2, -0.15) is 0 Å². The first kappa shape index (κ1) is 38.0. The third kappa shape index (κ3) is 9.14. The van der Waals surface area contributed by atoms with Gasteiger partial charge in [-0.25, -0.2) is 4.79 Å². The first-order valence-electron chi connectivity index (χ1n) is 16.7. The highest BCUT2D eigenvalue weighted by Crippen LogP contribution is 2.39. The molecule has 1 aliphatic rings. The summed E-state index contributed by atoms with van der Waals surface area (Å²) in [4.78, 5) is 55.2. The van der Waals surface area contributed by atoms with Crippen molar-refractivity contribution in [2.45, 2.75) is 49.7 Å². The number of benzene rings is 3. The Balaban J connectivity index is 1.35. The van der Waals surface area contributed by atoms with Gasteiger partial charge in [0.05, 0.1) is 38.7 Å². The number of rotatable bonds is 14. The van der Waals surface area contributed by atoms with Gasteiger partial charge in [-0.1, -0.05) is 24.3 Å². The first-order chi connectivity index (χ1) is 25.1. The molecule has 3 amide bonds. The Kier molecular flexibility index (Phi) is 13.0. The SMILES string of the molecule is CCOC(=O)c1c(NC(=O)C(C)Sc2cccc(NC(=O)/C(=C\c3cc(OC)c(OC)cc3OC)NC(=O)c3ccccc3)c2)sc2c1CCCC2. The second-order valence-corrected chi connectivity index (χ2v) is 14.2. The summed E-state index contributed by atoms with van der Waals surface area (Å²) in [6, 6.07) is 18.9. The summed E-state index contributed by atoms with van der Waals surface area (Å²) >= 11 is 2.74. The van der Waals surface area contributed by atoms with Crippen molar-refractivity contribution < 1.29 is 38.1 Å². The fourth-order valence-electron chi connectivity index (χ4n) is 5.65. The Bertz CT molecular complexity index is 1980. The second kappa shape index (κ2) is 17.8. The summed E-state index contributed by atoms with van der Waals surface area (Å²) in [7, 11) is 4.48. The summed E-state index contributed by atoms with van der Waals surface area (Å²) < 4.78 is 21.7. The molecule has 272 valence electrons. The molecule has 1 heterocycles. The fourth-order valence-corrected chi connectivity index (χ4v) is 7.86. The minimum absolute atomic E-state index is 0.0544. The van der Waals surface area contributed by atoms with E-state index in [9.17, 15) is 19.2 Å². The Morgan fingerprint density at radius 3 is 2.29 bits per heavy atom. The number of thiophene rings is 1. The number of hydrogen-bond donors (Lipinski definition) is 3. The molecule has 3 aromatic carbocycles. The van der Waals surface area contributed by atoms with Crippen LogP contribution in [-0.4, -0.2) is 56.9 Å². The number of amides is 3. The van der Waals surface area contributed by atoms with Gasteiger partial charge in [-0.05, 0) is 87.6 Å². The molecule has 1 aliphatic carbocycles. The van der Waals surface area contributed by atoms with Crippen LogP contribution in [0.25, 0.3) is 6.08 Å². The number of carbonyl (C=O) groups is 4. The van der Waals surface area contributed by atoms with E-state index in [4.69, 9.17) is 18.9 Å². The van der Waals surface area contributed by atoms with Crippen LogP contribution < -0.4 is 30.2 Å². The van der Waals surface area contributed by atoms with E-state index in [0.717, 1.165) is 41.0 Å². The molecule has 4 aromatic rings. The standard InChI is InChI=1S/C39H41N3O8S2/c1-6-50-39(46)34-28-17-10-11-18-33(28)52-38(34)42-35(43)23(2)51-27-16-12-15-26(21-27)40-37(45)29(41-36(44)24-13-8-7-9-14-24)19-25-20-31(48-4)32(49-5)22-30(25)47-3/h7-9,12-16,19-23H,6,10-11,17-18H2,1-5H3,(H,40,45)(H,41,44)(H,42,43)/b29-19+. The van der Waals surface area contributed by atoms with Crippen LogP contribution >= 0.6 is 23.1 Å². The van der Waals surface area contributed by atoms with Crippen LogP contribution in [0.3, 0.4) is 0 Å². The molecule has 0 aliphatic heterocycles. The maximum Gasteiger partial charge on any atom is 0.341 e. The number of esters is 1. The van der Waals surface area contributed by atoms with Gasteiger partial charge in [0.1, 0.15) is 16.4 Å². The number of ether oxygens (including phenoxy) is 4. The van der Waals surface area contributed by atoms with Crippen LogP contribution in [-0.2, 0) is 27.2 Å². The highest BCUT2D eigenvalue weighted by Gasteiger charge is 2.28. The van der Waals surface area contributed by atoms with E-state index in [-0.39, 0.29) is 18.2 Å². The van der Waals surface area contributed by atoms with E-state index in [0.29, 0.717) is 44.6 Å². The smallest absolute Gasteiger partial charge is 0.341 e. The van der Waals surface area contributed by atoms with Crippen molar-refractivity contribution in [3.05, 3.63) is 99.6 Å². The summed E-state index contributed by atoms with van der Waals surface area (Å²) in [5, 5.41) is 8.56. The Hall–Kier alpha value is -5.27. The quantitative estimate of drug-likeness (QED) is 0.0687. The van der Waals surface area contributed by atoms with Crippen LogP contribution in [0.15, 0.2) is 77.3 Å². The van der Waals surface area contributed by atoms with Gasteiger partial charge in [0.2, 0.25) is 5.91 Å². The van der Waals surface area contributed by atoms with E-state index < -0.39 is 23.0 Å². The average molecular weight is 744 g/mol. The molecule has 52 heavy (non-hydrogen) atoms. The van der Waals surface area contributed by atoms with Crippen LogP contribution in [0.4, 0.5) is 10.7 Å². The Morgan fingerprint density at radius 1 is 0.865 bits per heavy atom. The predicted molar refractivity (Wildman–Crippen MR) is 204 cm³/mol. The lowest BCUT2D eigenvalue weighted by Gasteiger charge is -2.15. The van der Waals surface area contributed by atoms with Gasteiger partial charge in [-0.15, -0.1) is 23.1 Å². The lowest BCUT2D eigenvalue weighted by molar-refractivity contribution is -0.115. The zero-order valence-electron chi connectivity index (χ0n) is 29.6. The number of thioether (sulfide) groups is 1. The van der Waals surface area contributed by atoms with Crippen molar-refractivity contribution in [3.8, 4) is 17.2 Å². The number of nitrogens with one attached hydrogen (secondary N) is 3. The van der Waals surface area contributed by atoms with Gasteiger partial charge in [-0.3, -0.25) is 14.4 Å². The summed E-state index contributed by atoms with van der Waals surface area (Å²) in [6.07, 6.45) is 5.19. The van der Waals surface area contributed by atoms with Crippen LogP contribution in [0.1, 0.15) is 63.4 Å². The number of hydrogen-bond acceptors (Lipinski definition) is 10. The predicted octanol–water partition coefficient (Wildman–Crippen LogP) is 7.36. The molecule has 1 aromatic heterocycles. The molecule has 1 unspecified atom stereocenters. The van der Waals surface area contributed by atoms with Crippen LogP contribution in [0.5, 0.6) is 17.2 Å². The number of carbonyl (C=O) groups excluding carboxylic acids is 4. The number of fused-ring (bicyclic) bond motifs is 1. The lowest BCUT2D eigenvalue weighted by atomic mass is 9.95. The van der Waals surface area contributed by atoms with E-state index in [2.05, 4.69) is 16.0 Å². The topological polar surface area (TPSA) is 141 Å². The minimum Gasteiger partial charge on any atom is -0.496 e. The van der Waals surface area contributed by atoms with Crippen LogP contribution in [0.2, 0.25) is 0 Å². The van der Waals surface area contributed by atoms with Crippen molar-refractivity contribution >= 4 is 63.6 Å². The van der Waals surface area contributed by atoms with Crippen molar-refractivity contribution in [1.29, 1.82) is 0 Å². The van der Waals surface area contributed by atoms with E-state index in [1.165, 1.54) is 50.5 Å². The second-order valence-electron chi connectivity index (χ2n) is 11.7. The number of aryl methyl sites for hydroxylation is 1. The average Bonchev–Trinajstić information content (AvgIpc) is 3.52. The van der Waals surface area contributed by atoms with E-state index in [1.807, 2.05) is 6.07 Å². The molecule has 0 saturated heterocycles. The highest BCUT2D eigenvalue weighted by atomic mass is 32.2. The first-order valence-corrected chi connectivity index (χ1v) is 18.4. The van der Waals surface area contributed by atoms with E-state index >= 15 is 0 Å². The fraction of sp³-hybridized carbons (Fsp3) is 0.282. The van der Waals surface area contributed by atoms with Crippen molar-refractivity contribution in [1.82, 2.24) is 5.32 Å². The molecule has 0 saturated carbocycles. The molecule has 1 atom stereocenters. The van der Waals surface area contributed by atoms with Crippen LogP contribution in [0, 0.1) is 0 Å². The van der Waals surface area contributed by atoms with Gasteiger partial charge in [0, 0.05) is 32.7 Å². The third-order valence-electron chi connectivity index (χ3n) is 8.23. The minimum atomic E-state index is -0.595. The molecule has 11 nitrogen and oxygen atoms in total. The zero-order chi connectivity index (χ0) is 37.2. The molecule has 5 rings (SSSR count). The van der Waals surface area contributed by atoms with E-state index in [1.54, 1.807) is 74.5 Å². The molecular formula is C39H41N3O8S2. The third-order valence-corrected chi connectivity index (χ3v) is 10.5. The van der Waals surface area contributed by atoms with Gasteiger partial charge < -0.3 is 34.9 Å². The molecule has 0 spiro atoms. The normalized spacial score (nSPS) is 12.9. The number of methoxy groups -OCH3 is 3. The van der Waals surface area contributed by atoms with Gasteiger partial charge >= 0.3 is 5.97 Å².